The van der Waals surface area contributed by atoms with Gasteiger partial charge in [-0.1, -0.05) is 0 Å². The van der Waals surface area contributed by atoms with Crippen molar-refractivity contribution in [3.05, 3.63) is 53.8 Å². The number of hydrogen-bond donors (Lipinski definition) is 2. The molecule has 9 heteroatoms. The number of anilines is 2. The van der Waals surface area contributed by atoms with Gasteiger partial charge in [0.15, 0.2) is 0 Å². The van der Waals surface area contributed by atoms with Crippen molar-refractivity contribution in [2.24, 2.45) is 5.73 Å². The summed E-state index contributed by atoms with van der Waals surface area (Å²) in [7, 11) is -3.93. The Morgan fingerprint density at radius 1 is 1.14 bits per heavy atom. The number of amides is 1. The summed E-state index contributed by atoms with van der Waals surface area (Å²) in [6.07, 6.45) is -0.0468. The van der Waals surface area contributed by atoms with Crippen molar-refractivity contribution in [2.75, 3.05) is 22.7 Å². The van der Waals surface area contributed by atoms with Crippen LogP contribution in [0.5, 0.6) is 0 Å². The first-order chi connectivity index (χ1) is 13.2. The number of morpholine rings is 1. The maximum absolute atomic E-state index is 14.6. The molecular weight excluding hydrogens is 385 g/mol. The van der Waals surface area contributed by atoms with Crippen LogP contribution in [0.3, 0.4) is 0 Å². The van der Waals surface area contributed by atoms with E-state index in [2.05, 4.69) is 4.72 Å². The number of ether oxygens (including phenoxy) is 1. The van der Waals surface area contributed by atoms with Gasteiger partial charge in [0.2, 0.25) is 5.91 Å². The van der Waals surface area contributed by atoms with E-state index in [1.165, 1.54) is 30.3 Å². The Kier molecular flexibility index (Phi) is 5.57. The molecule has 1 aliphatic heterocycles. The van der Waals surface area contributed by atoms with Crippen molar-refractivity contribution in [1.82, 2.24) is 0 Å². The molecule has 0 aromatic heterocycles. The van der Waals surface area contributed by atoms with E-state index in [0.29, 0.717) is 18.8 Å². The number of nitrogens with two attached hydrogens (primary N) is 1. The van der Waals surface area contributed by atoms with Gasteiger partial charge in [0, 0.05) is 24.7 Å². The number of hydrogen-bond acceptors (Lipinski definition) is 5. The third kappa shape index (κ3) is 4.42. The van der Waals surface area contributed by atoms with E-state index in [9.17, 15) is 17.6 Å². The molecule has 0 spiro atoms. The Morgan fingerprint density at radius 2 is 1.75 bits per heavy atom. The minimum absolute atomic E-state index is 0.0234. The molecule has 1 heterocycles. The molecule has 3 N–H and O–H groups in total. The first-order valence-electron chi connectivity index (χ1n) is 8.78. The van der Waals surface area contributed by atoms with E-state index in [4.69, 9.17) is 10.5 Å². The van der Waals surface area contributed by atoms with Gasteiger partial charge < -0.3 is 15.4 Å². The van der Waals surface area contributed by atoms with E-state index >= 15 is 0 Å². The minimum atomic E-state index is -3.93. The Balaban J connectivity index is 1.79. The van der Waals surface area contributed by atoms with Crippen LogP contribution in [0.1, 0.15) is 24.2 Å². The Labute approximate surface area is 163 Å². The lowest BCUT2D eigenvalue weighted by Crippen LogP contribution is -2.45. The standard InChI is InChI=1S/C19H22FN3O4S/c1-12-10-23(11-13(2)27-12)18-8-5-15(9-17(18)20)22-28(25,26)16-6-3-14(4-7-16)19(21)24/h3-9,12-13,22H,10-11H2,1-2H3,(H2,21,24)/t12-,13-/m1/s1. The van der Waals surface area contributed by atoms with E-state index < -0.39 is 21.7 Å². The minimum Gasteiger partial charge on any atom is -0.372 e. The fraction of sp³-hybridized carbons (Fsp3) is 0.316. The van der Waals surface area contributed by atoms with Gasteiger partial charge >= 0.3 is 0 Å². The van der Waals surface area contributed by atoms with Crippen LogP contribution in [0.15, 0.2) is 47.4 Å². The van der Waals surface area contributed by atoms with Crippen LogP contribution in [-0.4, -0.2) is 39.6 Å². The van der Waals surface area contributed by atoms with Gasteiger partial charge in [0.25, 0.3) is 10.0 Å². The first-order valence-corrected chi connectivity index (χ1v) is 10.3. The lowest BCUT2D eigenvalue weighted by atomic mass is 10.2. The molecule has 0 unspecified atom stereocenters. The van der Waals surface area contributed by atoms with Crippen molar-refractivity contribution in [1.29, 1.82) is 0 Å². The molecule has 2 aromatic carbocycles. The highest BCUT2D eigenvalue weighted by Crippen LogP contribution is 2.27. The van der Waals surface area contributed by atoms with Gasteiger partial charge in [0.1, 0.15) is 5.82 Å². The average Bonchev–Trinajstić information content (AvgIpc) is 2.60. The molecule has 1 saturated heterocycles. The van der Waals surface area contributed by atoms with Gasteiger partial charge in [-0.3, -0.25) is 9.52 Å². The van der Waals surface area contributed by atoms with Gasteiger partial charge in [-0.25, -0.2) is 12.8 Å². The van der Waals surface area contributed by atoms with Crippen molar-refractivity contribution < 1.29 is 22.3 Å². The maximum Gasteiger partial charge on any atom is 0.261 e. The molecule has 2 atom stereocenters. The zero-order valence-corrected chi connectivity index (χ0v) is 16.4. The van der Waals surface area contributed by atoms with Gasteiger partial charge in [-0.05, 0) is 50.2 Å². The SMILES string of the molecule is C[C@@H]1CN(c2ccc(NS(=O)(=O)c3ccc(C(N)=O)cc3)cc2F)C[C@@H](C)O1. The molecule has 0 aliphatic carbocycles. The summed E-state index contributed by atoms with van der Waals surface area (Å²) in [5, 5.41) is 0. The van der Waals surface area contributed by atoms with E-state index in [0.717, 1.165) is 6.07 Å². The van der Waals surface area contributed by atoms with Crippen LogP contribution in [-0.2, 0) is 14.8 Å². The molecule has 28 heavy (non-hydrogen) atoms. The topological polar surface area (TPSA) is 102 Å². The zero-order valence-electron chi connectivity index (χ0n) is 15.6. The number of rotatable bonds is 5. The summed E-state index contributed by atoms with van der Waals surface area (Å²) in [6.45, 7) is 4.95. The third-order valence-corrected chi connectivity index (χ3v) is 5.81. The Bertz CT molecular complexity index is 969. The van der Waals surface area contributed by atoms with Crippen molar-refractivity contribution in [3.63, 3.8) is 0 Å². The molecule has 2 aromatic rings. The quantitative estimate of drug-likeness (QED) is 0.792. The van der Waals surface area contributed by atoms with Crippen LogP contribution in [0.25, 0.3) is 0 Å². The van der Waals surface area contributed by atoms with E-state index in [-0.39, 0.29) is 28.4 Å². The summed E-state index contributed by atoms with van der Waals surface area (Å²) < 4.78 is 47.6. The molecule has 7 nitrogen and oxygen atoms in total. The molecule has 3 rings (SSSR count). The molecule has 150 valence electrons. The summed E-state index contributed by atoms with van der Waals surface area (Å²) in [5.74, 6) is -1.17. The Hall–Kier alpha value is -2.65. The summed E-state index contributed by atoms with van der Waals surface area (Å²) >= 11 is 0. The second-order valence-electron chi connectivity index (χ2n) is 6.82. The van der Waals surface area contributed by atoms with Crippen molar-refractivity contribution in [2.45, 2.75) is 31.0 Å². The van der Waals surface area contributed by atoms with Gasteiger partial charge in [-0.2, -0.15) is 0 Å². The highest BCUT2D eigenvalue weighted by atomic mass is 32.2. The molecule has 1 aliphatic rings. The van der Waals surface area contributed by atoms with Crippen LogP contribution < -0.4 is 15.4 Å². The molecule has 1 amide bonds. The van der Waals surface area contributed by atoms with E-state index in [1.807, 2.05) is 18.7 Å². The van der Waals surface area contributed by atoms with Crippen LogP contribution in [0.2, 0.25) is 0 Å². The fourth-order valence-electron chi connectivity index (χ4n) is 3.21. The lowest BCUT2D eigenvalue weighted by Gasteiger charge is -2.37. The summed E-state index contributed by atoms with van der Waals surface area (Å²) in [5.41, 5.74) is 5.85. The number of nitrogens with one attached hydrogen (secondary N) is 1. The average molecular weight is 407 g/mol. The van der Waals surface area contributed by atoms with E-state index in [1.54, 1.807) is 6.07 Å². The summed E-state index contributed by atoms with van der Waals surface area (Å²) in [6, 6.07) is 9.39. The van der Waals surface area contributed by atoms with Crippen molar-refractivity contribution in [3.8, 4) is 0 Å². The largest absolute Gasteiger partial charge is 0.372 e. The summed E-state index contributed by atoms with van der Waals surface area (Å²) in [4.78, 5) is 12.9. The number of carbonyl (C=O) groups is 1. The number of nitrogens with zero attached hydrogens (tertiary/aromatic N) is 1. The predicted molar refractivity (Wildman–Crippen MR) is 104 cm³/mol. The third-order valence-electron chi connectivity index (χ3n) is 4.41. The predicted octanol–water partition coefficient (Wildman–Crippen LogP) is 2.34. The highest BCUT2D eigenvalue weighted by Gasteiger charge is 2.24. The monoisotopic (exact) mass is 407 g/mol. The van der Waals surface area contributed by atoms with Crippen LogP contribution >= 0.6 is 0 Å². The molecule has 0 bridgehead atoms. The second-order valence-corrected chi connectivity index (χ2v) is 8.51. The van der Waals surface area contributed by atoms with Gasteiger partial charge in [0.05, 0.1) is 28.5 Å². The molecular formula is C19H22FN3O4S. The smallest absolute Gasteiger partial charge is 0.261 e. The Morgan fingerprint density at radius 3 is 2.29 bits per heavy atom. The lowest BCUT2D eigenvalue weighted by molar-refractivity contribution is -0.00539. The first kappa shape index (κ1) is 20.1. The second kappa shape index (κ2) is 7.76. The number of benzene rings is 2. The normalized spacial score (nSPS) is 20.0. The molecule has 1 fully saturated rings. The maximum atomic E-state index is 14.6. The number of primary amides is 1. The number of halogens is 1. The number of carbonyl (C=O) groups excluding carboxylic acids is 1. The van der Waals surface area contributed by atoms with Gasteiger partial charge in [-0.15, -0.1) is 0 Å². The molecule has 0 saturated carbocycles. The highest BCUT2D eigenvalue weighted by molar-refractivity contribution is 7.92. The van der Waals surface area contributed by atoms with Crippen molar-refractivity contribution >= 4 is 27.3 Å². The number of sulfonamides is 1. The fourth-order valence-corrected chi connectivity index (χ4v) is 4.26. The van der Waals surface area contributed by atoms with Crippen LogP contribution in [0.4, 0.5) is 15.8 Å². The molecule has 0 radical (unpaired) electrons. The van der Waals surface area contributed by atoms with Crippen LogP contribution in [0, 0.1) is 5.82 Å². The zero-order chi connectivity index (χ0) is 20.5.